The Bertz CT molecular complexity index is 1430. The Morgan fingerprint density at radius 2 is 2.03 bits per heavy atom. The fourth-order valence-corrected chi connectivity index (χ4v) is 4.23. The van der Waals surface area contributed by atoms with Gasteiger partial charge in [0.15, 0.2) is 0 Å². The second kappa shape index (κ2) is 6.91. The van der Waals surface area contributed by atoms with Crippen LogP contribution in [-0.4, -0.2) is 30.4 Å². The summed E-state index contributed by atoms with van der Waals surface area (Å²) < 4.78 is 41.8. The van der Waals surface area contributed by atoms with E-state index < -0.39 is 17.6 Å². The summed E-state index contributed by atoms with van der Waals surface area (Å²) >= 11 is 1.35. The number of nitrogens with zero attached hydrogens (tertiary/aromatic N) is 4. The first-order chi connectivity index (χ1) is 14.8. The van der Waals surface area contributed by atoms with Crippen LogP contribution in [0.1, 0.15) is 21.1 Å². The van der Waals surface area contributed by atoms with E-state index in [0.717, 1.165) is 17.6 Å². The molecular weight excluding hydrogens is 429 g/mol. The van der Waals surface area contributed by atoms with Crippen LogP contribution in [-0.2, 0) is 12.7 Å². The number of hydrogen-bond acceptors (Lipinski definition) is 5. The van der Waals surface area contributed by atoms with E-state index in [9.17, 15) is 18.0 Å². The lowest BCUT2D eigenvalue weighted by atomic mass is 10.0. The molecule has 156 valence electrons. The predicted molar refractivity (Wildman–Crippen MR) is 110 cm³/mol. The van der Waals surface area contributed by atoms with Gasteiger partial charge in [-0.25, -0.2) is 15.0 Å². The molecule has 1 amide bonds. The Morgan fingerprint density at radius 1 is 1.19 bits per heavy atom. The Kier molecular flexibility index (Phi) is 4.29. The molecule has 11 heteroatoms. The van der Waals surface area contributed by atoms with Crippen LogP contribution in [0.4, 0.5) is 13.2 Å². The largest absolute Gasteiger partial charge is 0.417 e. The summed E-state index contributed by atoms with van der Waals surface area (Å²) in [5, 5.41) is 3.34. The van der Waals surface area contributed by atoms with Crippen molar-refractivity contribution in [1.82, 2.24) is 24.5 Å². The van der Waals surface area contributed by atoms with Crippen LogP contribution in [0.5, 0.6) is 0 Å². The minimum Gasteiger partial charge on any atom is -0.364 e. The summed E-state index contributed by atoms with van der Waals surface area (Å²) in [4.78, 5) is 28.1. The molecule has 0 saturated heterocycles. The summed E-state index contributed by atoms with van der Waals surface area (Å²) in [7, 11) is 0. The van der Waals surface area contributed by atoms with Crippen LogP contribution in [0.2, 0.25) is 0 Å². The highest BCUT2D eigenvalue weighted by Gasteiger charge is 2.33. The highest BCUT2D eigenvalue weighted by molar-refractivity contribution is 7.09. The number of nitrogens with one attached hydrogen (secondary N) is 1. The number of amides is 1. The van der Waals surface area contributed by atoms with Gasteiger partial charge in [-0.15, -0.1) is 11.3 Å². The number of carbonyl (C=O) groups is 1. The molecule has 3 N–H and O–H groups in total. The van der Waals surface area contributed by atoms with Gasteiger partial charge in [0, 0.05) is 52.1 Å². The Balaban J connectivity index is 1.86. The maximum atomic E-state index is 13.4. The van der Waals surface area contributed by atoms with E-state index in [2.05, 4.69) is 19.9 Å². The first-order valence-corrected chi connectivity index (χ1v) is 9.92. The molecule has 5 heterocycles. The van der Waals surface area contributed by atoms with Crippen molar-refractivity contribution in [3.05, 3.63) is 64.6 Å². The minimum atomic E-state index is -4.59. The highest BCUT2D eigenvalue weighted by atomic mass is 32.1. The van der Waals surface area contributed by atoms with Gasteiger partial charge in [-0.05, 0) is 18.2 Å². The molecule has 7 nitrogen and oxygen atoms in total. The van der Waals surface area contributed by atoms with Gasteiger partial charge >= 0.3 is 6.18 Å². The van der Waals surface area contributed by atoms with Crippen molar-refractivity contribution >= 4 is 39.3 Å². The lowest BCUT2D eigenvalue weighted by Gasteiger charge is -2.08. The van der Waals surface area contributed by atoms with Crippen LogP contribution in [0, 0.1) is 0 Å². The van der Waals surface area contributed by atoms with Crippen molar-refractivity contribution in [2.75, 3.05) is 0 Å². The number of fused-ring (bicyclic) bond motifs is 2. The normalized spacial score (nSPS) is 12.1. The summed E-state index contributed by atoms with van der Waals surface area (Å²) in [6.07, 6.45) is 0.962. The quantitative estimate of drug-likeness (QED) is 0.435. The number of alkyl halides is 3. The van der Waals surface area contributed by atoms with E-state index in [4.69, 9.17) is 5.73 Å². The number of H-pyrrole nitrogens is 1. The molecule has 0 aliphatic heterocycles. The first kappa shape index (κ1) is 19.2. The SMILES string of the molecule is NC(=O)c1c(-c2cnc3[nH]ccc3c2)c2cc(C(F)(F)F)cnc2n1Cc1nccs1. The monoisotopic (exact) mass is 442 g/mol. The number of aromatic nitrogens is 5. The zero-order valence-corrected chi connectivity index (χ0v) is 16.5. The zero-order chi connectivity index (χ0) is 21.8. The van der Waals surface area contributed by atoms with Gasteiger partial charge in [-0.1, -0.05) is 0 Å². The predicted octanol–water partition coefficient (Wildman–Crippen LogP) is 4.20. The minimum absolute atomic E-state index is 0.0497. The Morgan fingerprint density at radius 3 is 2.74 bits per heavy atom. The van der Waals surface area contributed by atoms with Crippen molar-refractivity contribution in [1.29, 1.82) is 0 Å². The molecule has 0 spiro atoms. The van der Waals surface area contributed by atoms with E-state index in [-0.39, 0.29) is 28.8 Å². The summed E-state index contributed by atoms with van der Waals surface area (Å²) in [5.74, 6) is -0.785. The van der Waals surface area contributed by atoms with Crippen molar-refractivity contribution < 1.29 is 18.0 Å². The molecule has 5 aromatic heterocycles. The second-order valence-electron chi connectivity index (χ2n) is 6.83. The van der Waals surface area contributed by atoms with Crippen molar-refractivity contribution in [2.45, 2.75) is 12.7 Å². The average Bonchev–Trinajstić information content (AvgIpc) is 3.45. The number of primary amides is 1. The third-order valence-corrected chi connectivity index (χ3v) is 5.69. The molecule has 0 unspecified atom stereocenters. The van der Waals surface area contributed by atoms with Gasteiger partial charge in [0.1, 0.15) is 22.0 Å². The molecular formula is C20H13F3N6OS. The van der Waals surface area contributed by atoms with Gasteiger partial charge in [0.25, 0.3) is 5.91 Å². The fraction of sp³-hybridized carbons (Fsp3) is 0.100. The Labute approximate surface area is 176 Å². The van der Waals surface area contributed by atoms with Gasteiger partial charge in [0.2, 0.25) is 0 Å². The number of pyridine rings is 2. The van der Waals surface area contributed by atoms with Crippen molar-refractivity contribution in [2.24, 2.45) is 5.73 Å². The molecule has 5 rings (SSSR count). The number of carbonyl (C=O) groups excluding carboxylic acids is 1. The molecule has 0 bridgehead atoms. The average molecular weight is 442 g/mol. The number of nitrogens with two attached hydrogens (primary N) is 1. The Hall–Kier alpha value is -3.73. The number of aromatic amines is 1. The zero-order valence-electron chi connectivity index (χ0n) is 15.6. The second-order valence-corrected chi connectivity index (χ2v) is 7.81. The number of hydrogen-bond donors (Lipinski definition) is 2. The molecule has 0 saturated carbocycles. The summed E-state index contributed by atoms with van der Waals surface area (Å²) in [6.45, 7) is 0.143. The topological polar surface area (TPSA) is 102 Å². The van der Waals surface area contributed by atoms with E-state index in [0.29, 0.717) is 16.2 Å². The molecule has 31 heavy (non-hydrogen) atoms. The summed E-state index contributed by atoms with van der Waals surface area (Å²) in [5.41, 5.74) is 6.39. The van der Waals surface area contributed by atoms with Gasteiger partial charge in [0.05, 0.1) is 12.1 Å². The van der Waals surface area contributed by atoms with Crippen LogP contribution >= 0.6 is 11.3 Å². The van der Waals surface area contributed by atoms with E-state index in [1.54, 1.807) is 29.9 Å². The molecule has 0 fully saturated rings. The van der Waals surface area contributed by atoms with Gasteiger partial charge in [-0.2, -0.15) is 13.2 Å². The number of rotatable bonds is 4. The first-order valence-electron chi connectivity index (χ1n) is 9.04. The molecule has 0 aliphatic carbocycles. The lowest BCUT2D eigenvalue weighted by molar-refractivity contribution is -0.137. The van der Waals surface area contributed by atoms with E-state index >= 15 is 0 Å². The molecule has 0 atom stereocenters. The third kappa shape index (κ3) is 3.22. The molecule has 0 aromatic carbocycles. The molecule has 5 aromatic rings. The molecule has 0 radical (unpaired) electrons. The number of thiazole rings is 1. The maximum absolute atomic E-state index is 13.4. The van der Waals surface area contributed by atoms with Crippen molar-refractivity contribution in [3.63, 3.8) is 0 Å². The van der Waals surface area contributed by atoms with Gasteiger partial charge < -0.3 is 15.3 Å². The van der Waals surface area contributed by atoms with E-state index in [1.165, 1.54) is 22.1 Å². The van der Waals surface area contributed by atoms with Crippen LogP contribution in [0.15, 0.2) is 48.4 Å². The lowest BCUT2D eigenvalue weighted by Crippen LogP contribution is -2.18. The smallest absolute Gasteiger partial charge is 0.364 e. The van der Waals surface area contributed by atoms with Crippen LogP contribution < -0.4 is 5.73 Å². The van der Waals surface area contributed by atoms with E-state index in [1.807, 2.05) is 0 Å². The fourth-order valence-electron chi connectivity index (χ4n) is 3.63. The maximum Gasteiger partial charge on any atom is 0.417 e. The van der Waals surface area contributed by atoms with Crippen molar-refractivity contribution in [3.8, 4) is 11.1 Å². The summed E-state index contributed by atoms with van der Waals surface area (Å²) in [6, 6.07) is 4.52. The number of halogens is 3. The standard InChI is InChI=1S/C20H13F3N6OS/c21-20(22,23)12-6-13-15(11-5-10-1-2-26-18(10)27-7-11)16(17(24)30)29(19(13)28-8-12)9-14-25-3-4-31-14/h1-8H,9H2,(H2,24,30)(H,26,27). The third-order valence-electron chi connectivity index (χ3n) is 4.92. The highest BCUT2D eigenvalue weighted by Crippen LogP contribution is 2.38. The van der Waals surface area contributed by atoms with Crippen LogP contribution in [0.25, 0.3) is 33.2 Å². The van der Waals surface area contributed by atoms with Gasteiger partial charge in [-0.3, -0.25) is 4.79 Å². The molecule has 0 aliphatic rings. The van der Waals surface area contributed by atoms with Crippen LogP contribution in [0.3, 0.4) is 0 Å².